The van der Waals surface area contributed by atoms with Crippen LogP contribution in [0.15, 0.2) is 24.3 Å². The number of fused-ring (bicyclic) bond motifs is 2. The zero-order chi connectivity index (χ0) is 15.3. The Hall–Kier alpha value is -2.20. The number of hydrogen-bond acceptors (Lipinski definition) is 3. The molecular weight excluding hydrogens is 278 g/mol. The summed E-state index contributed by atoms with van der Waals surface area (Å²) >= 11 is 0. The second-order valence-corrected chi connectivity index (χ2v) is 6.03. The highest BCUT2D eigenvalue weighted by atomic mass is 16.5. The van der Waals surface area contributed by atoms with Crippen LogP contribution in [0.1, 0.15) is 29.7 Å². The summed E-state index contributed by atoms with van der Waals surface area (Å²) in [5, 5.41) is 22.6. The summed E-state index contributed by atoms with van der Waals surface area (Å²) in [6, 6.07) is 8.03. The molecule has 1 aliphatic heterocycles. The monoisotopic (exact) mass is 298 g/mol. The molecule has 4 rings (SSSR count). The molecule has 4 N–H and O–H groups in total. The molecule has 1 atom stereocenters. The van der Waals surface area contributed by atoms with E-state index >= 15 is 0 Å². The molecule has 0 saturated carbocycles. The van der Waals surface area contributed by atoms with Crippen LogP contribution in [0.4, 0.5) is 0 Å². The van der Waals surface area contributed by atoms with E-state index in [9.17, 15) is 10.2 Å². The topological polar surface area (TPSA) is 66.3 Å². The number of phenols is 2. The Morgan fingerprint density at radius 1 is 1.23 bits per heavy atom. The van der Waals surface area contributed by atoms with E-state index in [2.05, 4.69) is 11.4 Å². The van der Waals surface area contributed by atoms with Crippen LogP contribution in [0.25, 0.3) is 11.1 Å². The van der Waals surface area contributed by atoms with Crippen LogP contribution in [-0.4, -0.2) is 23.4 Å². The average Bonchev–Trinajstić information content (AvgIpc) is 2.51. The fourth-order valence-corrected chi connectivity index (χ4v) is 3.86. The van der Waals surface area contributed by atoms with Gasteiger partial charge < -0.3 is 20.3 Å². The van der Waals surface area contributed by atoms with E-state index in [0.29, 0.717) is 12.6 Å². The molecule has 2 aliphatic rings. The van der Waals surface area contributed by atoms with Crippen molar-refractivity contribution in [2.75, 3.05) is 13.2 Å². The lowest BCUT2D eigenvalue weighted by atomic mass is 9.77. The minimum Gasteiger partial charge on any atom is -0.504 e. The van der Waals surface area contributed by atoms with Gasteiger partial charge in [0, 0.05) is 24.0 Å². The van der Waals surface area contributed by atoms with Crippen LogP contribution < -0.4 is 10.1 Å². The molecule has 2 aromatic carbocycles. The van der Waals surface area contributed by atoms with Crippen molar-refractivity contribution in [3.8, 4) is 28.4 Å². The van der Waals surface area contributed by atoms with Gasteiger partial charge in [-0.05, 0) is 41.8 Å². The molecule has 2 aromatic rings. The first-order valence-corrected chi connectivity index (χ1v) is 7.86. The molecule has 22 heavy (non-hydrogen) atoms. The normalized spacial score (nSPS) is 18.5. The molecular formula is C18H20NO3+. The van der Waals surface area contributed by atoms with E-state index < -0.39 is 0 Å². The molecule has 0 unspecified atom stereocenters. The van der Waals surface area contributed by atoms with Gasteiger partial charge >= 0.3 is 0 Å². The van der Waals surface area contributed by atoms with E-state index in [1.807, 2.05) is 19.1 Å². The van der Waals surface area contributed by atoms with Crippen LogP contribution >= 0.6 is 0 Å². The first-order valence-electron chi connectivity index (χ1n) is 7.86. The lowest BCUT2D eigenvalue weighted by molar-refractivity contribution is -0.698. The fraction of sp³-hybridized carbons (Fsp3) is 0.333. The summed E-state index contributed by atoms with van der Waals surface area (Å²) < 4.78 is 5.70. The van der Waals surface area contributed by atoms with Gasteiger partial charge in [-0.3, -0.25) is 0 Å². The summed E-state index contributed by atoms with van der Waals surface area (Å²) in [5.41, 5.74) is 5.47. The number of aromatic hydroxyl groups is 2. The van der Waals surface area contributed by atoms with E-state index in [-0.39, 0.29) is 11.5 Å². The van der Waals surface area contributed by atoms with Gasteiger partial charge in [-0.2, -0.15) is 0 Å². The molecule has 114 valence electrons. The van der Waals surface area contributed by atoms with Crippen molar-refractivity contribution < 1.29 is 20.3 Å². The zero-order valence-corrected chi connectivity index (χ0v) is 12.6. The van der Waals surface area contributed by atoms with Crippen LogP contribution in [0.5, 0.6) is 17.2 Å². The molecule has 4 nitrogen and oxygen atoms in total. The molecule has 1 aliphatic carbocycles. The van der Waals surface area contributed by atoms with Crippen LogP contribution in [-0.2, 0) is 12.8 Å². The van der Waals surface area contributed by atoms with E-state index in [4.69, 9.17) is 4.74 Å². The van der Waals surface area contributed by atoms with Gasteiger partial charge in [0.15, 0.2) is 11.5 Å². The Kier molecular flexibility index (Phi) is 3.01. The molecule has 0 fully saturated rings. The standard InChI is InChI=1S/C18H19NO3/c1-2-22-12-7-11-5-6-19-14-8-10-3-4-15(20)18(21)17(10)13(9-12)16(11)14/h3-4,7,9,14,19-21H,2,5-6,8H2,1H3/p+1/t14-/m1/s1. The van der Waals surface area contributed by atoms with Crippen molar-refractivity contribution in [2.24, 2.45) is 0 Å². The minimum atomic E-state index is -0.0625. The summed E-state index contributed by atoms with van der Waals surface area (Å²) in [5.74, 6) is 0.761. The summed E-state index contributed by atoms with van der Waals surface area (Å²) in [6.45, 7) is 3.66. The fourth-order valence-electron chi connectivity index (χ4n) is 3.86. The second-order valence-electron chi connectivity index (χ2n) is 6.03. The third kappa shape index (κ3) is 1.87. The number of phenolic OH excluding ortho intramolecular Hbond substituents is 2. The lowest BCUT2D eigenvalue weighted by Crippen LogP contribution is -2.87. The maximum atomic E-state index is 10.4. The van der Waals surface area contributed by atoms with Gasteiger partial charge in [-0.1, -0.05) is 6.07 Å². The summed E-state index contributed by atoms with van der Waals surface area (Å²) in [7, 11) is 0. The molecule has 0 aromatic heterocycles. The van der Waals surface area contributed by atoms with Gasteiger partial charge in [-0.25, -0.2) is 0 Å². The third-order valence-electron chi connectivity index (χ3n) is 4.74. The Morgan fingerprint density at radius 2 is 2.09 bits per heavy atom. The molecule has 1 heterocycles. The molecule has 0 saturated heterocycles. The van der Waals surface area contributed by atoms with Crippen molar-refractivity contribution in [2.45, 2.75) is 25.8 Å². The van der Waals surface area contributed by atoms with Crippen molar-refractivity contribution >= 4 is 0 Å². The van der Waals surface area contributed by atoms with Crippen LogP contribution in [0, 0.1) is 0 Å². The van der Waals surface area contributed by atoms with Gasteiger partial charge in [0.2, 0.25) is 0 Å². The number of hydrogen-bond donors (Lipinski definition) is 3. The Balaban J connectivity index is 2.01. The molecule has 0 amide bonds. The number of quaternary nitrogens is 1. The average molecular weight is 298 g/mol. The predicted octanol–water partition coefficient (Wildman–Crippen LogP) is 1.88. The number of rotatable bonds is 2. The molecule has 0 spiro atoms. The van der Waals surface area contributed by atoms with E-state index in [0.717, 1.165) is 41.8 Å². The minimum absolute atomic E-state index is 0.0163. The molecule has 0 radical (unpaired) electrons. The summed E-state index contributed by atoms with van der Waals surface area (Å²) in [4.78, 5) is 0. The van der Waals surface area contributed by atoms with Crippen LogP contribution in [0.2, 0.25) is 0 Å². The van der Waals surface area contributed by atoms with Gasteiger partial charge in [0.05, 0.1) is 13.2 Å². The van der Waals surface area contributed by atoms with Gasteiger partial charge in [0.25, 0.3) is 0 Å². The quantitative estimate of drug-likeness (QED) is 0.742. The Bertz CT molecular complexity index is 754. The first-order chi connectivity index (χ1) is 10.7. The zero-order valence-electron chi connectivity index (χ0n) is 12.6. The molecule has 0 bridgehead atoms. The Labute approximate surface area is 129 Å². The maximum Gasteiger partial charge on any atom is 0.165 e. The second kappa shape index (κ2) is 4.92. The SMILES string of the molecule is CCOc1cc2c3c(c1)-c1c(ccc(O)c1O)C[C@H]3[NH2+]CC2. The van der Waals surface area contributed by atoms with Crippen molar-refractivity contribution in [3.63, 3.8) is 0 Å². The van der Waals surface area contributed by atoms with Gasteiger partial charge in [-0.15, -0.1) is 0 Å². The van der Waals surface area contributed by atoms with Crippen LogP contribution in [0.3, 0.4) is 0 Å². The highest BCUT2D eigenvalue weighted by Crippen LogP contribution is 2.48. The highest BCUT2D eigenvalue weighted by Gasteiger charge is 2.34. The van der Waals surface area contributed by atoms with Gasteiger partial charge in [0.1, 0.15) is 11.8 Å². The van der Waals surface area contributed by atoms with Crippen molar-refractivity contribution in [1.29, 1.82) is 0 Å². The smallest absolute Gasteiger partial charge is 0.165 e. The first kappa shape index (κ1) is 13.5. The maximum absolute atomic E-state index is 10.4. The molecule has 4 heteroatoms. The predicted molar refractivity (Wildman–Crippen MR) is 83.3 cm³/mol. The Morgan fingerprint density at radius 3 is 2.91 bits per heavy atom. The van der Waals surface area contributed by atoms with E-state index in [1.54, 1.807) is 6.07 Å². The van der Waals surface area contributed by atoms with E-state index in [1.165, 1.54) is 11.1 Å². The number of nitrogens with two attached hydrogens (primary N) is 1. The number of ether oxygens (including phenoxy) is 1. The largest absolute Gasteiger partial charge is 0.504 e. The van der Waals surface area contributed by atoms with Crippen molar-refractivity contribution in [3.05, 3.63) is 41.0 Å². The van der Waals surface area contributed by atoms with Crippen molar-refractivity contribution in [1.82, 2.24) is 0 Å². The lowest BCUT2D eigenvalue weighted by Gasteiger charge is -2.32. The summed E-state index contributed by atoms with van der Waals surface area (Å²) in [6.07, 6.45) is 1.89. The highest BCUT2D eigenvalue weighted by molar-refractivity contribution is 5.82. The number of benzene rings is 2. The third-order valence-corrected chi connectivity index (χ3v) is 4.74.